The molecule has 0 amide bonds. The molecule has 0 spiro atoms. The highest BCUT2D eigenvalue weighted by atomic mass is 16.3. The Hall–Kier alpha value is -1.35. The van der Waals surface area contributed by atoms with Crippen molar-refractivity contribution in [2.24, 2.45) is 0 Å². The molecule has 80 valence electrons. The second-order valence-electron chi connectivity index (χ2n) is 4.33. The first kappa shape index (κ1) is 10.2. The van der Waals surface area contributed by atoms with Gasteiger partial charge in [0, 0.05) is 6.42 Å². The second kappa shape index (κ2) is 3.35. The van der Waals surface area contributed by atoms with Crippen molar-refractivity contribution in [3.05, 3.63) is 29.6 Å². The van der Waals surface area contributed by atoms with Crippen LogP contribution in [0.15, 0.2) is 18.2 Å². The molecule has 3 nitrogen and oxygen atoms in total. The van der Waals surface area contributed by atoms with Crippen molar-refractivity contribution in [1.82, 2.24) is 9.97 Å². The molecule has 2 rings (SSSR count). The monoisotopic (exact) mass is 204 g/mol. The van der Waals surface area contributed by atoms with E-state index in [-0.39, 0.29) is 0 Å². The van der Waals surface area contributed by atoms with Crippen LogP contribution in [0.4, 0.5) is 0 Å². The van der Waals surface area contributed by atoms with E-state index >= 15 is 0 Å². The Morgan fingerprint density at radius 3 is 2.73 bits per heavy atom. The summed E-state index contributed by atoms with van der Waals surface area (Å²) < 4.78 is 0. The molecule has 0 saturated carbocycles. The van der Waals surface area contributed by atoms with E-state index in [4.69, 9.17) is 0 Å². The van der Waals surface area contributed by atoms with Crippen molar-refractivity contribution in [3.8, 4) is 0 Å². The van der Waals surface area contributed by atoms with Crippen molar-refractivity contribution in [3.63, 3.8) is 0 Å². The molecule has 1 heterocycles. The van der Waals surface area contributed by atoms with Crippen LogP contribution in [0, 0.1) is 0 Å². The second-order valence-corrected chi connectivity index (χ2v) is 4.33. The van der Waals surface area contributed by atoms with Gasteiger partial charge in [-0.2, -0.15) is 0 Å². The van der Waals surface area contributed by atoms with Crippen LogP contribution in [0.3, 0.4) is 0 Å². The highest BCUT2D eigenvalue weighted by Gasteiger charge is 2.16. The van der Waals surface area contributed by atoms with Crippen molar-refractivity contribution >= 4 is 11.0 Å². The van der Waals surface area contributed by atoms with Gasteiger partial charge in [-0.3, -0.25) is 0 Å². The van der Waals surface area contributed by atoms with Crippen molar-refractivity contribution < 1.29 is 5.11 Å². The van der Waals surface area contributed by atoms with Gasteiger partial charge in [0.1, 0.15) is 5.82 Å². The summed E-state index contributed by atoms with van der Waals surface area (Å²) in [6.07, 6.45) is 0.895. The van der Waals surface area contributed by atoms with Crippen molar-refractivity contribution in [1.29, 1.82) is 0 Å². The van der Waals surface area contributed by atoms with Crippen LogP contribution in [-0.2, 0) is 12.0 Å². The lowest BCUT2D eigenvalue weighted by molar-refractivity contribution is 0.0787. The average molecular weight is 204 g/mol. The van der Waals surface area contributed by atoms with Crippen LogP contribution in [-0.4, -0.2) is 15.1 Å². The molecule has 0 radical (unpaired) electrons. The number of nitrogens with zero attached hydrogens (tertiary/aromatic N) is 1. The van der Waals surface area contributed by atoms with Gasteiger partial charge in [0.2, 0.25) is 0 Å². The summed E-state index contributed by atoms with van der Waals surface area (Å²) in [5.74, 6) is 0.984. The first-order valence-corrected chi connectivity index (χ1v) is 5.22. The third kappa shape index (κ3) is 1.88. The van der Waals surface area contributed by atoms with Crippen LogP contribution in [0.25, 0.3) is 11.0 Å². The molecule has 1 aromatic carbocycles. The third-order valence-corrected chi connectivity index (χ3v) is 2.57. The number of H-pyrrole nitrogens is 1. The van der Waals surface area contributed by atoms with Crippen molar-refractivity contribution in [2.75, 3.05) is 0 Å². The molecule has 0 fully saturated rings. The maximum atomic E-state index is 9.88. The quantitative estimate of drug-likeness (QED) is 0.788. The van der Waals surface area contributed by atoms with E-state index in [1.165, 1.54) is 0 Å². The maximum Gasteiger partial charge on any atom is 0.106 e. The highest BCUT2D eigenvalue weighted by Crippen LogP contribution is 2.23. The van der Waals surface area contributed by atoms with Gasteiger partial charge in [-0.25, -0.2) is 4.98 Å². The average Bonchev–Trinajstić information content (AvgIpc) is 2.57. The number of aromatic nitrogens is 2. The Morgan fingerprint density at radius 1 is 1.40 bits per heavy atom. The van der Waals surface area contributed by atoms with Gasteiger partial charge in [0.25, 0.3) is 0 Å². The third-order valence-electron chi connectivity index (χ3n) is 2.57. The minimum absolute atomic E-state index is 0.800. The van der Waals surface area contributed by atoms with Crippen LogP contribution in [0.1, 0.15) is 32.2 Å². The zero-order valence-corrected chi connectivity index (χ0v) is 9.33. The minimum Gasteiger partial charge on any atom is -0.386 e. The predicted molar refractivity (Wildman–Crippen MR) is 60.7 cm³/mol. The zero-order chi connectivity index (χ0) is 11.1. The molecule has 2 N–H and O–H groups in total. The molecule has 3 heteroatoms. The van der Waals surface area contributed by atoms with E-state index in [0.29, 0.717) is 0 Å². The Labute approximate surface area is 89.2 Å². The normalized spacial score (nSPS) is 12.3. The summed E-state index contributed by atoms with van der Waals surface area (Å²) in [7, 11) is 0. The number of benzene rings is 1. The number of aliphatic hydroxyl groups is 1. The Kier molecular flexibility index (Phi) is 2.27. The van der Waals surface area contributed by atoms with E-state index in [9.17, 15) is 5.11 Å². The van der Waals surface area contributed by atoms with Gasteiger partial charge in [-0.1, -0.05) is 13.0 Å². The zero-order valence-electron chi connectivity index (χ0n) is 9.33. The summed E-state index contributed by atoms with van der Waals surface area (Å²) in [5, 5.41) is 9.88. The summed E-state index contributed by atoms with van der Waals surface area (Å²) >= 11 is 0. The molecule has 0 unspecified atom stereocenters. The molecular formula is C12H16N2O. The molecule has 0 aliphatic carbocycles. The molecule has 0 saturated heterocycles. The first-order valence-electron chi connectivity index (χ1n) is 5.22. The van der Waals surface area contributed by atoms with Crippen LogP contribution in [0.2, 0.25) is 0 Å². The number of fused-ring (bicyclic) bond motifs is 1. The fourth-order valence-electron chi connectivity index (χ4n) is 1.61. The van der Waals surface area contributed by atoms with E-state index < -0.39 is 5.60 Å². The maximum absolute atomic E-state index is 9.88. The van der Waals surface area contributed by atoms with Crippen LogP contribution in [0.5, 0.6) is 0 Å². The van der Waals surface area contributed by atoms with Gasteiger partial charge >= 0.3 is 0 Å². The van der Waals surface area contributed by atoms with Gasteiger partial charge in [0.05, 0.1) is 16.6 Å². The molecule has 2 aromatic rings. The van der Waals surface area contributed by atoms with Gasteiger partial charge < -0.3 is 10.1 Å². The number of aryl methyl sites for hydroxylation is 1. The SMILES string of the molecule is CCc1nc2ccc(C(C)(C)O)cc2[nH]1. The molecule has 0 atom stereocenters. The molecule has 0 aliphatic heterocycles. The van der Waals surface area contributed by atoms with Crippen molar-refractivity contribution in [2.45, 2.75) is 32.8 Å². The smallest absolute Gasteiger partial charge is 0.106 e. The topological polar surface area (TPSA) is 48.9 Å². The van der Waals surface area contributed by atoms with Gasteiger partial charge in [0.15, 0.2) is 0 Å². The minimum atomic E-state index is -0.800. The van der Waals surface area contributed by atoms with Crippen LogP contribution >= 0.6 is 0 Å². The molecule has 1 aromatic heterocycles. The van der Waals surface area contributed by atoms with E-state index in [1.807, 2.05) is 18.2 Å². The lowest BCUT2D eigenvalue weighted by Crippen LogP contribution is -2.14. The lowest BCUT2D eigenvalue weighted by atomic mass is 9.98. The Balaban J connectivity index is 2.55. The van der Waals surface area contributed by atoms with Crippen LogP contribution < -0.4 is 0 Å². The Morgan fingerprint density at radius 2 is 2.13 bits per heavy atom. The number of nitrogens with one attached hydrogen (secondary N) is 1. The number of hydrogen-bond donors (Lipinski definition) is 2. The molecular weight excluding hydrogens is 188 g/mol. The fourth-order valence-corrected chi connectivity index (χ4v) is 1.61. The summed E-state index contributed by atoms with van der Waals surface area (Å²) in [4.78, 5) is 7.65. The largest absolute Gasteiger partial charge is 0.386 e. The summed E-state index contributed by atoms with van der Waals surface area (Å²) in [6, 6.07) is 5.82. The Bertz CT molecular complexity index is 480. The number of imidazole rings is 1. The summed E-state index contributed by atoms with van der Waals surface area (Å²) in [5.41, 5.74) is 2.05. The standard InChI is InChI=1S/C12H16N2O/c1-4-11-13-9-6-5-8(12(2,3)15)7-10(9)14-11/h5-7,15H,4H2,1-3H3,(H,13,14). The van der Waals surface area contributed by atoms with E-state index in [0.717, 1.165) is 28.8 Å². The summed E-state index contributed by atoms with van der Waals surface area (Å²) in [6.45, 7) is 5.63. The highest BCUT2D eigenvalue weighted by molar-refractivity contribution is 5.76. The predicted octanol–water partition coefficient (Wildman–Crippen LogP) is 2.35. The lowest BCUT2D eigenvalue weighted by Gasteiger charge is -2.17. The molecule has 0 bridgehead atoms. The number of aromatic amines is 1. The molecule has 15 heavy (non-hydrogen) atoms. The number of rotatable bonds is 2. The van der Waals surface area contributed by atoms with Gasteiger partial charge in [-0.15, -0.1) is 0 Å². The van der Waals surface area contributed by atoms with E-state index in [2.05, 4.69) is 16.9 Å². The first-order chi connectivity index (χ1) is 7.00. The fraction of sp³-hybridized carbons (Fsp3) is 0.417. The van der Waals surface area contributed by atoms with Gasteiger partial charge in [-0.05, 0) is 31.5 Å². The number of hydrogen-bond acceptors (Lipinski definition) is 2. The van der Waals surface area contributed by atoms with E-state index in [1.54, 1.807) is 13.8 Å². The molecule has 0 aliphatic rings.